The highest BCUT2D eigenvalue weighted by molar-refractivity contribution is 8.22. The summed E-state index contributed by atoms with van der Waals surface area (Å²) < 4.78 is 4.81. The van der Waals surface area contributed by atoms with Crippen molar-refractivity contribution in [2.45, 2.75) is 19.9 Å². The summed E-state index contributed by atoms with van der Waals surface area (Å²) in [7, 11) is 0. The van der Waals surface area contributed by atoms with E-state index in [9.17, 15) is 24.4 Å². The van der Waals surface area contributed by atoms with Gasteiger partial charge in [0.1, 0.15) is 18.1 Å². The third kappa shape index (κ3) is 9.82. The zero-order valence-electron chi connectivity index (χ0n) is 15.7. The highest BCUT2D eigenvalue weighted by atomic mass is 32.2. The number of hydrogen-bond acceptors (Lipinski definition) is 8. The molecule has 0 aromatic heterocycles. The summed E-state index contributed by atoms with van der Waals surface area (Å²) in [5, 5.41) is 20.9. The van der Waals surface area contributed by atoms with E-state index in [2.05, 4.69) is 5.32 Å². The molecule has 0 aliphatic rings. The number of ketones is 1. The van der Waals surface area contributed by atoms with Crippen LogP contribution in [-0.4, -0.2) is 46.8 Å². The topological polar surface area (TPSA) is 134 Å². The molecule has 0 aliphatic carbocycles. The van der Waals surface area contributed by atoms with Gasteiger partial charge in [0.15, 0.2) is 5.78 Å². The van der Waals surface area contributed by atoms with Crippen molar-refractivity contribution in [3.8, 4) is 6.07 Å². The van der Waals surface area contributed by atoms with Gasteiger partial charge in [-0.25, -0.2) is 0 Å². The summed E-state index contributed by atoms with van der Waals surface area (Å²) in [5.41, 5.74) is 0.552. The van der Waals surface area contributed by atoms with E-state index in [1.807, 2.05) is 18.2 Å². The highest BCUT2D eigenvalue weighted by Crippen LogP contribution is 2.32. The van der Waals surface area contributed by atoms with Crippen molar-refractivity contribution in [1.82, 2.24) is 5.32 Å². The first-order valence-corrected chi connectivity index (χ1v) is 10.5. The van der Waals surface area contributed by atoms with Gasteiger partial charge >= 0.3 is 11.9 Å². The van der Waals surface area contributed by atoms with Crippen LogP contribution in [0.1, 0.15) is 18.9 Å². The Kier molecular flexibility index (Phi) is 11.2. The lowest BCUT2D eigenvalue weighted by molar-refractivity contribution is -0.145. The maximum atomic E-state index is 12.4. The van der Waals surface area contributed by atoms with Crippen molar-refractivity contribution in [3.63, 3.8) is 0 Å². The quantitative estimate of drug-likeness (QED) is 0.219. The molecule has 29 heavy (non-hydrogen) atoms. The largest absolute Gasteiger partial charge is 0.481 e. The zero-order valence-corrected chi connectivity index (χ0v) is 17.3. The van der Waals surface area contributed by atoms with Crippen LogP contribution in [0.3, 0.4) is 0 Å². The normalized spacial score (nSPS) is 11.0. The molecular weight excluding hydrogens is 416 g/mol. The van der Waals surface area contributed by atoms with Crippen LogP contribution >= 0.6 is 23.5 Å². The number of amides is 1. The smallest absolute Gasteiger partial charge is 0.313 e. The van der Waals surface area contributed by atoms with E-state index in [0.717, 1.165) is 29.1 Å². The van der Waals surface area contributed by atoms with Crippen LogP contribution in [0.5, 0.6) is 0 Å². The Balaban J connectivity index is 2.85. The maximum absolute atomic E-state index is 12.4. The molecule has 0 aliphatic heterocycles. The van der Waals surface area contributed by atoms with Crippen molar-refractivity contribution < 1.29 is 29.0 Å². The van der Waals surface area contributed by atoms with Gasteiger partial charge in [-0.05, 0) is 12.5 Å². The van der Waals surface area contributed by atoms with Crippen molar-refractivity contribution in [2.75, 3.05) is 18.1 Å². The minimum atomic E-state index is -1.13. The van der Waals surface area contributed by atoms with Gasteiger partial charge in [0.25, 0.3) is 5.91 Å². The second-order valence-electron chi connectivity index (χ2n) is 5.43. The lowest BCUT2D eigenvalue weighted by Gasteiger charge is -2.10. The van der Waals surface area contributed by atoms with Crippen molar-refractivity contribution in [3.05, 3.63) is 45.7 Å². The molecule has 1 aromatic rings. The van der Waals surface area contributed by atoms with Gasteiger partial charge in [0.2, 0.25) is 0 Å². The second-order valence-corrected chi connectivity index (χ2v) is 7.66. The molecule has 0 saturated heterocycles. The van der Waals surface area contributed by atoms with E-state index < -0.39 is 30.0 Å². The molecule has 0 heterocycles. The van der Waals surface area contributed by atoms with E-state index in [4.69, 9.17) is 9.84 Å². The van der Waals surface area contributed by atoms with Crippen LogP contribution in [0.4, 0.5) is 0 Å². The van der Waals surface area contributed by atoms with Gasteiger partial charge in [-0.1, -0.05) is 30.3 Å². The number of nitrogens with one attached hydrogen (secondary N) is 1. The Morgan fingerprint density at radius 1 is 1.14 bits per heavy atom. The molecule has 0 bridgehead atoms. The number of ether oxygens (including phenoxy) is 1. The van der Waals surface area contributed by atoms with Gasteiger partial charge in [0.05, 0.1) is 22.3 Å². The number of Topliss-reactive ketones (excluding diaryl/α,β-unsaturated/α-hetero) is 1. The van der Waals surface area contributed by atoms with Crippen LogP contribution in [0.25, 0.3) is 0 Å². The molecule has 0 spiro atoms. The van der Waals surface area contributed by atoms with Gasteiger partial charge in [-0.2, -0.15) is 5.26 Å². The molecule has 8 nitrogen and oxygen atoms in total. The Morgan fingerprint density at radius 3 is 2.38 bits per heavy atom. The number of nitriles is 1. The number of aliphatic carboxylic acids is 1. The number of nitrogens with zero attached hydrogens (tertiary/aromatic N) is 1. The summed E-state index contributed by atoms with van der Waals surface area (Å²) in [4.78, 5) is 46.6. The van der Waals surface area contributed by atoms with Gasteiger partial charge in [-0.3, -0.25) is 19.2 Å². The molecule has 0 atom stereocenters. The van der Waals surface area contributed by atoms with Crippen LogP contribution in [0.2, 0.25) is 0 Å². The Labute approximate surface area is 176 Å². The summed E-state index contributed by atoms with van der Waals surface area (Å²) in [5.74, 6) is -3.50. The SMILES string of the molecule is CCOC(=O)CC(=O)CS/C(SCC(=O)O)=C(/C#N)C(=O)NCc1ccccc1. The number of benzene rings is 1. The van der Waals surface area contributed by atoms with Crippen LogP contribution in [0, 0.1) is 11.3 Å². The third-order valence-corrected chi connectivity index (χ3v) is 5.67. The third-order valence-electron chi connectivity index (χ3n) is 3.18. The molecule has 1 rings (SSSR count). The van der Waals surface area contributed by atoms with E-state index in [0.29, 0.717) is 0 Å². The number of rotatable bonds is 12. The Hall–Kier alpha value is -2.77. The highest BCUT2D eigenvalue weighted by Gasteiger charge is 2.19. The van der Waals surface area contributed by atoms with Crippen molar-refractivity contribution in [2.24, 2.45) is 0 Å². The number of carbonyl (C=O) groups is 4. The molecule has 0 fully saturated rings. The fourth-order valence-electron chi connectivity index (χ4n) is 1.94. The predicted octanol–water partition coefficient (Wildman–Crippen LogP) is 2.11. The molecule has 2 N–H and O–H groups in total. The monoisotopic (exact) mass is 436 g/mol. The molecule has 1 amide bonds. The lowest BCUT2D eigenvalue weighted by Crippen LogP contribution is -2.24. The molecule has 0 unspecified atom stereocenters. The first-order chi connectivity index (χ1) is 13.9. The van der Waals surface area contributed by atoms with Gasteiger partial charge < -0.3 is 15.2 Å². The summed E-state index contributed by atoms with van der Waals surface area (Å²) in [6.45, 7) is 1.96. The van der Waals surface area contributed by atoms with Crippen LogP contribution in [-0.2, 0) is 30.5 Å². The van der Waals surface area contributed by atoms with Gasteiger partial charge in [-0.15, -0.1) is 23.5 Å². The van der Waals surface area contributed by atoms with Crippen molar-refractivity contribution >= 4 is 47.2 Å². The second kappa shape index (κ2) is 13.4. The van der Waals surface area contributed by atoms with E-state index in [1.165, 1.54) is 0 Å². The fourth-order valence-corrected chi connectivity index (χ4v) is 3.84. The van der Waals surface area contributed by atoms with E-state index in [-0.39, 0.29) is 34.5 Å². The molecule has 0 saturated carbocycles. The van der Waals surface area contributed by atoms with Crippen molar-refractivity contribution in [1.29, 1.82) is 5.26 Å². The Bertz CT molecular complexity index is 818. The Morgan fingerprint density at radius 2 is 1.79 bits per heavy atom. The summed E-state index contributed by atoms with van der Waals surface area (Å²) >= 11 is 1.63. The number of carboxylic acid groups (broad SMARTS) is 1. The number of esters is 1. The molecule has 154 valence electrons. The molecular formula is C19H20N2O6S2. The summed E-state index contributed by atoms with van der Waals surface area (Å²) in [6, 6.07) is 10.8. The van der Waals surface area contributed by atoms with E-state index in [1.54, 1.807) is 25.1 Å². The first kappa shape index (κ1) is 24.3. The van der Waals surface area contributed by atoms with E-state index >= 15 is 0 Å². The minimum Gasteiger partial charge on any atom is -0.481 e. The zero-order chi connectivity index (χ0) is 21.6. The average Bonchev–Trinajstić information content (AvgIpc) is 2.69. The molecule has 10 heteroatoms. The lowest BCUT2D eigenvalue weighted by atomic mass is 10.2. The summed E-state index contributed by atoms with van der Waals surface area (Å²) in [6.07, 6.45) is -0.431. The molecule has 1 aromatic carbocycles. The fraction of sp³-hybridized carbons (Fsp3) is 0.316. The standard InChI is InChI=1S/C19H20N2O6S2/c1-2-27-17(25)8-14(22)11-28-19(29-12-16(23)24)15(9-20)18(26)21-10-13-6-4-3-5-7-13/h3-7H,2,8,10-12H2,1H3,(H,21,26)(H,23,24)/b19-15+. The van der Waals surface area contributed by atoms with Crippen LogP contribution < -0.4 is 5.32 Å². The number of carbonyl (C=O) groups excluding carboxylic acids is 3. The predicted molar refractivity (Wildman–Crippen MR) is 110 cm³/mol. The number of thioether (sulfide) groups is 2. The number of hydrogen-bond donors (Lipinski definition) is 2. The minimum absolute atomic E-state index is 0.109. The van der Waals surface area contributed by atoms with Gasteiger partial charge in [0, 0.05) is 6.54 Å². The maximum Gasteiger partial charge on any atom is 0.313 e. The van der Waals surface area contributed by atoms with Crippen LogP contribution in [0.15, 0.2) is 40.1 Å². The average molecular weight is 437 g/mol. The number of carboxylic acids is 1. The molecule has 0 radical (unpaired) electrons. The first-order valence-electron chi connectivity index (χ1n) is 8.48.